The van der Waals surface area contributed by atoms with Gasteiger partial charge in [0.05, 0.1) is 19.8 Å². The van der Waals surface area contributed by atoms with Crippen molar-refractivity contribution in [1.82, 2.24) is 25.8 Å². The molecule has 3 N–H and O–H groups in total. The third kappa shape index (κ3) is 8.27. The first-order valence-corrected chi connectivity index (χ1v) is 9.97. The van der Waals surface area contributed by atoms with Crippen LogP contribution in [0.1, 0.15) is 25.3 Å². The lowest BCUT2D eigenvalue weighted by molar-refractivity contribution is 0.0888. The van der Waals surface area contributed by atoms with E-state index in [0.29, 0.717) is 12.5 Å². The molecule has 0 bridgehead atoms. The van der Waals surface area contributed by atoms with E-state index in [-0.39, 0.29) is 24.0 Å². The molecule has 1 aliphatic heterocycles. The SMILES string of the molecule is CCNC(=NCc1cccc(-c2ncn[nH]2)c1)NCCCOCC1CCOC1.I. The fraction of sp³-hybridized carbons (Fsp3) is 0.550. The molecule has 1 aliphatic rings. The second-order valence-electron chi connectivity index (χ2n) is 6.81. The van der Waals surface area contributed by atoms with E-state index < -0.39 is 0 Å². The molecule has 0 spiro atoms. The zero-order valence-electron chi connectivity index (χ0n) is 16.9. The highest BCUT2D eigenvalue weighted by molar-refractivity contribution is 14.0. The molecule has 0 saturated carbocycles. The van der Waals surface area contributed by atoms with Crippen LogP contribution in [0, 0.1) is 5.92 Å². The minimum absolute atomic E-state index is 0. The van der Waals surface area contributed by atoms with Gasteiger partial charge in [0.25, 0.3) is 0 Å². The summed E-state index contributed by atoms with van der Waals surface area (Å²) in [5, 5.41) is 13.4. The Morgan fingerprint density at radius 1 is 1.38 bits per heavy atom. The largest absolute Gasteiger partial charge is 0.381 e. The summed E-state index contributed by atoms with van der Waals surface area (Å²) in [7, 11) is 0. The van der Waals surface area contributed by atoms with E-state index in [1.165, 1.54) is 6.33 Å². The molecule has 1 saturated heterocycles. The summed E-state index contributed by atoms with van der Waals surface area (Å²) in [5.74, 6) is 2.15. The number of guanidine groups is 1. The van der Waals surface area contributed by atoms with Crippen molar-refractivity contribution < 1.29 is 9.47 Å². The first-order valence-electron chi connectivity index (χ1n) is 9.97. The molecule has 160 valence electrons. The predicted octanol–water partition coefficient (Wildman–Crippen LogP) is 2.59. The Bertz CT molecular complexity index is 720. The zero-order valence-corrected chi connectivity index (χ0v) is 19.2. The Labute approximate surface area is 189 Å². The number of H-pyrrole nitrogens is 1. The predicted molar refractivity (Wildman–Crippen MR) is 124 cm³/mol. The van der Waals surface area contributed by atoms with Gasteiger partial charge in [-0.25, -0.2) is 9.98 Å². The highest BCUT2D eigenvalue weighted by Gasteiger charge is 2.15. The lowest BCUT2D eigenvalue weighted by Gasteiger charge is -2.12. The lowest BCUT2D eigenvalue weighted by Crippen LogP contribution is -2.38. The van der Waals surface area contributed by atoms with E-state index in [1.54, 1.807) is 0 Å². The molecule has 29 heavy (non-hydrogen) atoms. The fourth-order valence-corrected chi connectivity index (χ4v) is 3.02. The van der Waals surface area contributed by atoms with Crippen molar-refractivity contribution in [2.24, 2.45) is 10.9 Å². The van der Waals surface area contributed by atoms with Crippen LogP contribution in [0.2, 0.25) is 0 Å². The maximum absolute atomic E-state index is 5.74. The molecule has 3 rings (SSSR count). The van der Waals surface area contributed by atoms with Gasteiger partial charge in [0, 0.05) is 37.8 Å². The van der Waals surface area contributed by atoms with Crippen LogP contribution in [0.3, 0.4) is 0 Å². The Kier molecular flexibility index (Phi) is 11.0. The van der Waals surface area contributed by atoms with Gasteiger partial charge in [0.15, 0.2) is 11.8 Å². The second-order valence-corrected chi connectivity index (χ2v) is 6.81. The number of aliphatic imine (C=N–C) groups is 1. The summed E-state index contributed by atoms with van der Waals surface area (Å²) < 4.78 is 11.1. The van der Waals surface area contributed by atoms with Gasteiger partial charge in [-0.3, -0.25) is 5.10 Å². The highest BCUT2D eigenvalue weighted by atomic mass is 127. The van der Waals surface area contributed by atoms with E-state index in [4.69, 9.17) is 9.47 Å². The number of hydrogen-bond donors (Lipinski definition) is 3. The quantitative estimate of drug-likeness (QED) is 0.195. The smallest absolute Gasteiger partial charge is 0.191 e. The lowest BCUT2D eigenvalue weighted by atomic mass is 10.1. The number of aromatic amines is 1. The maximum Gasteiger partial charge on any atom is 0.191 e. The van der Waals surface area contributed by atoms with Crippen LogP contribution in [-0.4, -0.2) is 60.7 Å². The molecule has 1 fully saturated rings. The fourth-order valence-electron chi connectivity index (χ4n) is 3.02. The van der Waals surface area contributed by atoms with E-state index in [0.717, 1.165) is 75.3 Å². The normalized spacial score (nSPS) is 16.4. The Morgan fingerprint density at radius 2 is 2.31 bits per heavy atom. The van der Waals surface area contributed by atoms with Crippen LogP contribution in [0.4, 0.5) is 0 Å². The topological polar surface area (TPSA) is 96.5 Å². The number of aromatic nitrogens is 3. The molecular formula is C20H31IN6O2. The van der Waals surface area contributed by atoms with Crippen molar-refractivity contribution in [3.8, 4) is 11.4 Å². The number of ether oxygens (including phenoxy) is 2. The monoisotopic (exact) mass is 514 g/mol. The zero-order chi connectivity index (χ0) is 19.4. The van der Waals surface area contributed by atoms with E-state index >= 15 is 0 Å². The van der Waals surface area contributed by atoms with Crippen LogP contribution in [-0.2, 0) is 16.0 Å². The molecule has 8 nitrogen and oxygen atoms in total. The van der Waals surface area contributed by atoms with Gasteiger partial charge in [0.2, 0.25) is 0 Å². The van der Waals surface area contributed by atoms with Crippen LogP contribution in [0.5, 0.6) is 0 Å². The summed E-state index contributed by atoms with van der Waals surface area (Å²) in [6.07, 6.45) is 3.57. The number of rotatable bonds is 10. The van der Waals surface area contributed by atoms with Crippen LogP contribution < -0.4 is 10.6 Å². The molecule has 0 radical (unpaired) electrons. The Morgan fingerprint density at radius 3 is 3.07 bits per heavy atom. The summed E-state index contributed by atoms with van der Waals surface area (Å²) in [6, 6.07) is 8.16. The number of nitrogens with one attached hydrogen (secondary N) is 3. The van der Waals surface area contributed by atoms with E-state index in [1.807, 2.05) is 12.1 Å². The van der Waals surface area contributed by atoms with Gasteiger partial charge >= 0.3 is 0 Å². The van der Waals surface area contributed by atoms with Gasteiger partial charge in [-0.15, -0.1) is 24.0 Å². The molecule has 9 heteroatoms. The summed E-state index contributed by atoms with van der Waals surface area (Å²) in [4.78, 5) is 8.87. The number of nitrogens with zero attached hydrogens (tertiary/aromatic N) is 3. The summed E-state index contributed by atoms with van der Waals surface area (Å²) in [5.41, 5.74) is 2.13. The standard InChI is InChI=1S/C20H30N6O2.HI/c1-2-21-20(22-8-4-9-27-13-17-7-10-28-14-17)23-12-16-5-3-6-18(11-16)19-24-15-25-26-19;/h3,5-6,11,15,17H,2,4,7-10,12-14H2,1H3,(H2,21,22,23)(H,24,25,26);1H. The second kappa shape index (κ2) is 13.5. The van der Waals surface area contributed by atoms with Crippen molar-refractivity contribution in [2.75, 3.05) is 39.5 Å². The van der Waals surface area contributed by atoms with E-state index in [9.17, 15) is 0 Å². The van der Waals surface area contributed by atoms with Gasteiger partial charge < -0.3 is 20.1 Å². The molecule has 0 aliphatic carbocycles. The molecule has 1 atom stereocenters. The van der Waals surface area contributed by atoms with Gasteiger partial charge in [-0.1, -0.05) is 18.2 Å². The van der Waals surface area contributed by atoms with Crippen molar-refractivity contribution >= 4 is 29.9 Å². The van der Waals surface area contributed by atoms with Crippen LogP contribution >= 0.6 is 24.0 Å². The minimum Gasteiger partial charge on any atom is -0.381 e. The Balaban J connectivity index is 0.00000300. The molecule has 1 aromatic carbocycles. The molecule has 1 aromatic heterocycles. The summed E-state index contributed by atoms with van der Waals surface area (Å²) >= 11 is 0. The molecular weight excluding hydrogens is 483 g/mol. The maximum atomic E-state index is 5.74. The van der Waals surface area contributed by atoms with Gasteiger partial charge in [0.1, 0.15) is 6.33 Å². The average Bonchev–Trinajstić information content (AvgIpc) is 3.43. The third-order valence-corrected chi connectivity index (χ3v) is 4.51. The number of halogens is 1. The van der Waals surface area contributed by atoms with Crippen LogP contribution in [0.25, 0.3) is 11.4 Å². The minimum atomic E-state index is 0. The average molecular weight is 514 g/mol. The first kappa shape index (κ1) is 23.6. The van der Waals surface area contributed by atoms with Crippen molar-refractivity contribution in [1.29, 1.82) is 0 Å². The Hall–Kier alpha value is -1.72. The van der Waals surface area contributed by atoms with Crippen LogP contribution in [0.15, 0.2) is 35.6 Å². The number of benzene rings is 1. The first-order chi connectivity index (χ1) is 13.8. The van der Waals surface area contributed by atoms with Crippen molar-refractivity contribution in [3.05, 3.63) is 36.2 Å². The molecule has 2 aromatic rings. The highest BCUT2D eigenvalue weighted by Crippen LogP contribution is 2.16. The number of hydrogen-bond acceptors (Lipinski definition) is 5. The van der Waals surface area contributed by atoms with Gasteiger partial charge in [-0.2, -0.15) is 5.10 Å². The van der Waals surface area contributed by atoms with Crippen molar-refractivity contribution in [2.45, 2.75) is 26.3 Å². The van der Waals surface area contributed by atoms with Gasteiger partial charge in [-0.05, 0) is 31.4 Å². The molecule has 0 amide bonds. The summed E-state index contributed by atoms with van der Waals surface area (Å²) in [6.45, 7) is 7.57. The van der Waals surface area contributed by atoms with E-state index in [2.05, 4.69) is 49.9 Å². The molecule has 2 heterocycles. The molecule has 1 unspecified atom stereocenters. The third-order valence-electron chi connectivity index (χ3n) is 4.51. The van der Waals surface area contributed by atoms with Crippen molar-refractivity contribution in [3.63, 3.8) is 0 Å².